The van der Waals surface area contributed by atoms with E-state index in [9.17, 15) is 44.3 Å². The molecule has 0 spiro atoms. The Morgan fingerprint density at radius 1 is 0.857 bits per heavy atom. The lowest BCUT2D eigenvalue weighted by molar-refractivity contribution is -0.174. The number of unbranched alkanes of at least 4 members (excludes halogenated alkanes) is 1. The largest absolute Gasteiger partial charge is 0.502 e. The molecule has 0 aliphatic rings. The minimum atomic E-state index is -5.96. The fourth-order valence-electron chi connectivity index (χ4n) is 2.13. The number of hydrogen-bond acceptors (Lipinski definition) is 3. The van der Waals surface area contributed by atoms with Crippen molar-refractivity contribution in [1.29, 1.82) is 0 Å². The Morgan fingerprint density at radius 2 is 1.32 bits per heavy atom. The maximum absolute atomic E-state index is 13.0. The van der Waals surface area contributed by atoms with Crippen LogP contribution in [0, 0.1) is 0 Å². The van der Waals surface area contributed by atoms with Crippen molar-refractivity contribution >= 4 is 5.97 Å². The lowest BCUT2D eigenvalue weighted by Crippen LogP contribution is -2.24. The first-order valence-corrected chi connectivity index (χ1v) is 7.49. The van der Waals surface area contributed by atoms with Crippen LogP contribution in [0.5, 0.6) is 0 Å². The maximum Gasteiger partial charge on any atom is 0.417 e. The van der Waals surface area contributed by atoms with Gasteiger partial charge < -0.3 is 9.47 Å². The lowest BCUT2D eigenvalue weighted by atomic mass is 9.96. The van der Waals surface area contributed by atoms with E-state index in [2.05, 4.69) is 11.3 Å². The standard InChI is InChI=1S/C16H13F9O3/c1-2-27-5-3-4-6-28-13(26)9-7-10(14(17,18)19)12(16(23,24)25)11(8-9)15(20,21)22/h2,7-8H,1,3-6H2. The van der Waals surface area contributed by atoms with Gasteiger partial charge in [-0.15, -0.1) is 0 Å². The van der Waals surface area contributed by atoms with Crippen molar-refractivity contribution in [2.45, 2.75) is 31.4 Å². The number of halogens is 9. The SMILES string of the molecule is C=COCCCCOC(=O)c1cc(C(F)(F)F)c(C(F)(F)F)c(C(F)(F)F)c1. The van der Waals surface area contributed by atoms with Crippen molar-refractivity contribution < 1.29 is 53.8 Å². The predicted molar refractivity (Wildman–Crippen MR) is 77.1 cm³/mol. The van der Waals surface area contributed by atoms with Crippen LogP contribution in [0.15, 0.2) is 25.0 Å². The second-order valence-electron chi connectivity index (χ2n) is 5.32. The number of carbonyl (C=O) groups excluding carboxylic acids is 1. The maximum atomic E-state index is 13.0. The predicted octanol–water partition coefficient (Wildman–Crippen LogP) is 5.84. The molecular weight excluding hydrogens is 411 g/mol. The van der Waals surface area contributed by atoms with Gasteiger partial charge in [0.2, 0.25) is 0 Å². The molecule has 0 unspecified atom stereocenters. The molecule has 0 atom stereocenters. The smallest absolute Gasteiger partial charge is 0.417 e. The molecule has 0 saturated carbocycles. The fourth-order valence-corrected chi connectivity index (χ4v) is 2.13. The molecule has 0 aliphatic carbocycles. The van der Waals surface area contributed by atoms with Gasteiger partial charge in [0.15, 0.2) is 0 Å². The minimum absolute atomic E-state index is 0.151. The number of hydrogen-bond donors (Lipinski definition) is 0. The van der Waals surface area contributed by atoms with E-state index in [-0.39, 0.29) is 31.8 Å². The Bertz CT molecular complexity index is 668. The molecule has 0 saturated heterocycles. The highest BCUT2D eigenvalue weighted by Crippen LogP contribution is 2.47. The zero-order valence-corrected chi connectivity index (χ0v) is 13.9. The fraction of sp³-hybridized carbons (Fsp3) is 0.438. The highest BCUT2D eigenvalue weighted by molar-refractivity contribution is 5.90. The molecule has 1 rings (SSSR count). The van der Waals surface area contributed by atoms with E-state index in [1.54, 1.807) is 0 Å². The van der Waals surface area contributed by atoms with Crippen LogP contribution in [0.1, 0.15) is 39.9 Å². The first kappa shape index (κ1) is 23.6. The summed E-state index contributed by atoms with van der Waals surface area (Å²) in [5, 5.41) is 0. The van der Waals surface area contributed by atoms with Gasteiger partial charge in [0, 0.05) is 0 Å². The van der Waals surface area contributed by atoms with Crippen LogP contribution < -0.4 is 0 Å². The Hall–Kier alpha value is -2.40. The van der Waals surface area contributed by atoms with Gasteiger partial charge in [-0.3, -0.25) is 0 Å². The molecule has 0 aliphatic heterocycles. The normalized spacial score (nSPS) is 12.6. The van der Waals surface area contributed by atoms with E-state index in [0.717, 1.165) is 6.26 Å². The van der Waals surface area contributed by atoms with Crippen LogP contribution >= 0.6 is 0 Å². The second kappa shape index (κ2) is 8.74. The summed E-state index contributed by atoms with van der Waals surface area (Å²) in [6.45, 7) is 3.05. The summed E-state index contributed by atoms with van der Waals surface area (Å²) < 4.78 is 126. The molecule has 0 amide bonds. The molecular formula is C16H13F9O3. The third-order valence-electron chi connectivity index (χ3n) is 3.28. The van der Waals surface area contributed by atoms with Crippen LogP contribution in [0.3, 0.4) is 0 Å². The molecule has 0 aromatic heterocycles. The van der Waals surface area contributed by atoms with E-state index in [0.29, 0.717) is 6.42 Å². The highest BCUT2D eigenvalue weighted by Gasteiger charge is 2.50. The Morgan fingerprint density at radius 3 is 1.71 bits per heavy atom. The van der Waals surface area contributed by atoms with Crippen LogP contribution in [-0.4, -0.2) is 19.2 Å². The third kappa shape index (κ3) is 6.34. The number of alkyl halides is 9. The average molecular weight is 424 g/mol. The molecule has 0 heterocycles. The summed E-state index contributed by atoms with van der Waals surface area (Å²) in [5.74, 6) is -1.62. The first-order valence-electron chi connectivity index (χ1n) is 7.49. The van der Waals surface area contributed by atoms with E-state index in [4.69, 9.17) is 4.74 Å². The van der Waals surface area contributed by atoms with Gasteiger partial charge in [0.1, 0.15) is 0 Å². The average Bonchev–Trinajstić information content (AvgIpc) is 2.54. The van der Waals surface area contributed by atoms with Gasteiger partial charge in [0.25, 0.3) is 0 Å². The van der Waals surface area contributed by atoms with Crippen LogP contribution in [-0.2, 0) is 28.0 Å². The van der Waals surface area contributed by atoms with Crippen molar-refractivity contribution in [3.8, 4) is 0 Å². The highest BCUT2D eigenvalue weighted by atomic mass is 19.4. The lowest BCUT2D eigenvalue weighted by Gasteiger charge is -2.21. The van der Waals surface area contributed by atoms with E-state index < -0.39 is 46.8 Å². The van der Waals surface area contributed by atoms with Gasteiger partial charge in [-0.05, 0) is 25.0 Å². The van der Waals surface area contributed by atoms with Gasteiger partial charge >= 0.3 is 24.5 Å². The molecule has 28 heavy (non-hydrogen) atoms. The quantitative estimate of drug-likeness (QED) is 0.239. The van der Waals surface area contributed by atoms with Gasteiger partial charge in [-0.1, -0.05) is 6.58 Å². The molecule has 1 aromatic rings. The zero-order chi connectivity index (χ0) is 21.8. The van der Waals surface area contributed by atoms with E-state index >= 15 is 0 Å². The van der Waals surface area contributed by atoms with Crippen LogP contribution in [0.2, 0.25) is 0 Å². The summed E-state index contributed by atoms with van der Waals surface area (Å²) >= 11 is 0. The first-order chi connectivity index (χ1) is 12.7. The third-order valence-corrected chi connectivity index (χ3v) is 3.28. The van der Waals surface area contributed by atoms with Crippen molar-refractivity contribution in [3.05, 3.63) is 47.2 Å². The number of rotatable bonds is 7. The summed E-state index contributed by atoms with van der Waals surface area (Å²) in [4.78, 5) is 11.8. The number of esters is 1. The Kier molecular flexibility index (Phi) is 7.38. The number of ether oxygens (including phenoxy) is 2. The van der Waals surface area contributed by atoms with Crippen molar-refractivity contribution in [3.63, 3.8) is 0 Å². The molecule has 0 fully saturated rings. The van der Waals surface area contributed by atoms with Crippen LogP contribution in [0.4, 0.5) is 39.5 Å². The summed E-state index contributed by atoms with van der Waals surface area (Å²) in [6.07, 6.45) is -15.9. The number of benzene rings is 1. The minimum Gasteiger partial charge on any atom is -0.502 e. The van der Waals surface area contributed by atoms with E-state index in [1.165, 1.54) is 0 Å². The molecule has 0 bridgehead atoms. The van der Waals surface area contributed by atoms with Gasteiger partial charge in [0.05, 0.1) is 41.7 Å². The molecule has 0 radical (unpaired) electrons. The summed E-state index contributed by atoms with van der Waals surface area (Å²) in [7, 11) is 0. The summed E-state index contributed by atoms with van der Waals surface area (Å²) in [6, 6.07) is -0.609. The molecule has 12 heteroatoms. The molecule has 0 N–H and O–H groups in total. The Labute approximate surface area is 152 Å². The monoisotopic (exact) mass is 424 g/mol. The van der Waals surface area contributed by atoms with Gasteiger partial charge in [-0.2, -0.15) is 39.5 Å². The zero-order valence-electron chi connectivity index (χ0n) is 13.9. The van der Waals surface area contributed by atoms with Crippen molar-refractivity contribution in [2.75, 3.05) is 13.2 Å². The topological polar surface area (TPSA) is 35.5 Å². The Balaban J connectivity index is 3.28. The summed E-state index contributed by atoms with van der Waals surface area (Å²) in [5.41, 5.74) is -9.46. The van der Waals surface area contributed by atoms with Crippen molar-refractivity contribution in [1.82, 2.24) is 0 Å². The van der Waals surface area contributed by atoms with E-state index in [1.807, 2.05) is 0 Å². The molecule has 158 valence electrons. The second-order valence-corrected chi connectivity index (χ2v) is 5.32. The van der Waals surface area contributed by atoms with Crippen molar-refractivity contribution in [2.24, 2.45) is 0 Å². The molecule has 1 aromatic carbocycles. The van der Waals surface area contributed by atoms with Gasteiger partial charge in [-0.25, -0.2) is 4.79 Å². The number of carbonyl (C=O) groups is 1. The molecule has 3 nitrogen and oxygen atoms in total. The van der Waals surface area contributed by atoms with Crippen LogP contribution in [0.25, 0.3) is 0 Å².